The summed E-state index contributed by atoms with van der Waals surface area (Å²) in [7, 11) is 0. The van der Waals surface area contributed by atoms with E-state index in [4.69, 9.17) is 4.98 Å². The van der Waals surface area contributed by atoms with Crippen molar-refractivity contribution in [3.8, 4) is 22.5 Å². The molecule has 2 aromatic heterocycles. The molecule has 1 aliphatic heterocycles. The van der Waals surface area contributed by atoms with Crippen LogP contribution in [0.3, 0.4) is 0 Å². The summed E-state index contributed by atoms with van der Waals surface area (Å²) in [6.07, 6.45) is 6.51. The highest BCUT2D eigenvalue weighted by atomic mass is 15.1. The van der Waals surface area contributed by atoms with Gasteiger partial charge in [0.15, 0.2) is 5.82 Å². The van der Waals surface area contributed by atoms with Gasteiger partial charge >= 0.3 is 0 Å². The van der Waals surface area contributed by atoms with Crippen molar-refractivity contribution in [1.29, 1.82) is 0 Å². The second-order valence-electron chi connectivity index (χ2n) is 8.76. The van der Waals surface area contributed by atoms with Gasteiger partial charge < -0.3 is 10.2 Å². The average Bonchev–Trinajstić information content (AvgIpc) is 3.38. The van der Waals surface area contributed by atoms with Crippen LogP contribution in [0.25, 0.3) is 22.5 Å². The zero-order valence-electron chi connectivity index (χ0n) is 19.0. The van der Waals surface area contributed by atoms with E-state index in [1.54, 1.807) is 6.20 Å². The molecule has 0 amide bonds. The standard InChI is InChI=1S/C27H28N6/c1-18(2)19(3)33-13-11-21-14-22(4-5-23(21)17-33)27-28-12-10-26(32-27)31-25-8-6-20(7-9-25)24-15-29-30-16-24/h4-10,12,14-16,18H,3,11,13,17H2,1-2H3,(H,29,30)(H,28,31,32). The minimum atomic E-state index is 0.469. The Morgan fingerprint density at radius 3 is 2.61 bits per heavy atom. The molecule has 6 nitrogen and oxygen atoms in total. The van der Waals surface area contributed by atoms with Crippen molar-refractivity contribution in [2.24, 2.45) is 5.92 Å². The van der Waals surface area contributed by atoms with Crippen LogP contribution in [0, 0.1) is 5.92 Å². The molecule has 0 bridgehead atoms. The summed E-state index contributed by atoms with van der Waals surface area (Å²) >= 11 is 0. The Morgan fingerprint density at radius 1 is 1.03 bits per heavy atom. The Balaban J connectivity index is 1.32. The third-order valence-corrected chi connectivity index (χ3v) is 6.19. The number of allylic oxidation sites excluding steroid dienone is 1. The first-order valence-electron chi connectivity index (χ1n) is 11.3. The number of hydrogen-bond acceptors (Lipinski definition) is 5. The van der Waals surface area contributed by atoms with Crippen LogP contribution in [0.2, 0.25) is 0 Å². The monoisotopic (exact) mass is 436 g/mol. The lowest BCUT2D eigenvalue weighted by atomic mass is 9.95. The third-order valence-electron chi connectivity index (χ3n) is 6.19. The van der Waals surface area contributed by atoms with Gasteiger partial charge in [-0.15, -0.1) is 0 Å². The van der Waals surface area contributed by atoms with Crippen molar-refractivity contribution >= 4 is 11.5 Å². The van der Waals surface area contributed by atoms with Crippen LogP contribution in [0.1, 0.15) is 25.0 Å². The van der Waals surface area contributed by atoms with E-state index < -0.39 is 0 Å². The predicted octanol–water partition coefficient (Wildman–Crippen LogP) is 5.81. The molecule has 0 radical (unpaired) electrons. The van der Waals surface area contributed by atoms with Gasteiger partial charge in [-0.05, 0) is 53.3 Å². The molecule has 3 heterocycles. The molecule has 6 heteroatoms. The highest BCUT2D eigenvalue weighted by Crippen LogP contribution is 2.28. The lowest BCUT2D eigenvalue weighted by Gasteiger charge is -2.34. The van der Waals surface area contributed by atoms with Crippen molar-refractivity contribution in [2.45, 2.75) is 26.8 Å². The lowest BCUT2D eigenvalue weighted by molar-refractivity contribution is 0.294. The topological polar surface area (TPSA) is 69.7 Å². The quantitative estimate of drug-likeness (QED) is 0.399. The first-order chi connectivity index (χ1) is 16.1. The van der Waals surface area contributed by atoms with Crippen LogP contribution < -0.4 is 5.32 Å². The van der Waals surface area contributed by atoms with Crippen LogP contribution in [0.4, 0.5) is 11.5 Å². The zero-order chi connectivity index (χ0) is 22.8. The van der Waals surface area contributed by atoms with Crippen molar-refractivity contribution < 1.29 is 0 Å². The normalized spacial score (nSPS) is 13.1. The molecular weight excluding hydrogens is 408 g/mol. The van der Waals surface area contributed by atoms with Gasteiger partial charge in [0.25, 0.3) is 0 Å². The molecule has 33 heavy (non-hydrogen) atoms. The number of nitrogens with zero attached hydrogens (tertiary/aromatic N) is 4. The number of H-pyrrole nitrogens is 1. The molecule has 4 aromatic rings. The van der Waals surface area contributed by atoms with E-state index in [2.05, 4.69) is 76.2 Å². The molecule has 2 aromatic carbocycles. The molecule has 166 valence electrons. The second-order valence-corrected chi connectivity index (χ2v) is 8.76. The van der Waals surface area contributed by atoms with E-state index >= 15 is 0 Å². The fourth-order valence-electron chi connectivity index (χ4n) is 4.17. The Morgan fingerprint density at radius 2 is 1.85 bits per heavy atom. The number of rotatable bonds is 6. The van der Waals surface area contributed by atoms with Crippen LogP contribution in [-0.4, -0.2) is 31.6 Å². The van der Waals surface area contributed by atoms with Gasteiger partial charge in [0, 0.05) is 48.0 Å². The van der Waals surface area contributed by atoms with Crippen molar-refractivity contribution in [3.63, 3.8) is 0 Å². The largest absolute Gasteiger partial charge is 0.370 e. The predicted molar refractivity (Wildman–Crippen MR) is 133 cm³/mol. The summed E-state index contributed by atoms with van der Waals surface area (Å²) in [4.78, 5) is 11.7. The van der Waals surface area contributed by atoms with E-state index in [1.165, 1.54) is 16.8 Å². The molecule has 0 unspecified atom stereocenters. The van der Waals surface area contributed by atoms with Crippen LogP contribution in [0.15, 0.2) is 79.4 Å². The summed E-state index contributed by atoms with van der Waals surface area (Å²) in [6, 6.07) is 16.7. The molecule has 0 saturated heterocycles. The second kappa shape index (κ2) is 8.90. The van der Waals surface area contributed by atoms with Crippen molar-refractivity contribution in [3.05, 3.63) is 90.5 Å². The van der Waals surface area contributed by atoms with Gasteiger partial charge in [-0.1, -0.05) is 44.7 Å². The molecule has 0 fully saturated rings. The van der Waals surface area contributed by atoms with Gasteiger partial charge in [-0.2, -0.15) is 5.10 Å². The molecule has 2 N–H and O–H groups in total. The highest BCUT2D eigenvalue weighted by Gasteiger charge is 2.19. The summed E-state index contributed by atoms with van der Waals surface area (Å²) in [5, 5.41) is 10.2. The SMILES string of the molecule is C=C(C(C)C)N1CCc2cc(-c3nccc(Nc4ccc(-c5cn[nH]c5)cc4)n3)ccc2C1. The first-order valence-corrected chi connectivity index (χ1v) is 11.3. The number of anilines is 2. The minimum Gasteiger partial charge on any atom is -0.370 e. The Kier molecular flexibility index (Phi) is 5.65. The third kappa shape index (κ3) is 4.51. The fraction of sp³-hybridized carbons (Fsp3) is 0.222. The first kappa shape index (κ1) is 20.9. The van der Waals surface area contributed by atoms with Crippen LogP contribution >= 0.6 is 0 Å². The molecule has 0 saturated carbocycles. The van der Waals surface area contributed by atoms with Crippen LogP contribution in [0.5, 0.6) is 0 Å². The Hall–Kier alpha value is -3.93. The smallest absolute Gasteiger partial charge is 0.161 e. The van der Waals surface area contributed by atoms with E-state index in [0.29, 0.717) is 5.92 Å². The van der Waals surface area contributed by atoms with Gasteiger partial charge in [0.2, 0.25) is 0 Å². The van der Waals surface area contributed by atoms with Gasteiger partial charge in [0.1, 0.15) is 5.82 Å². The number of aromatic amines is 1. The zero-order valence-corrected chi connectivity index (χ0v) is 19.0. The van der Waals surface area contributed by atoms with E-state index in [1.807, 2.05) is 30.6 Å². The summed E-state index contributed by atoms with van der Waals surface area (Å²) < 4.78 is 0. The van der Waals surface area contributed by atoms with E-state index in [0.717, 1.165) is 53.5 Å². The number of hydrogen-bond donors (Lipinski definition) is 2. The molecule has 0 spiro atoms. The minimum absolute atomic E-state index is 0.469. The molecular formula is C27H28N6. The molecule has 5 rings (SSSR count). The highest BCUT2D eigenvalue weighted by molar-refractivity contribution is 5.67. The lowest BCUT2D eigenvalue weighted by Crippen LogP contribution is -2.31. The van der Waals surface area contributed by atoms with E-state index in [9.17, 15) is 0 Å². The number of nitrogens with one attached hydrogen (secondary N) is 2. The summed E-state index contributed by atoms with van der Waals surface area (Å²) in [5.74, 6) is 1.97. The Labute approximate surface area is 194 Å². The molecule has 1 aliphatic rings. The van der Waals surface area contributed by atoms with E-state index in [-0.39, 0.29) is 0 Å². The van der Waals surface area contributed by atoms with Gasteiger partial charge in [0.05, 0.1) is 6.20 Å². The maximum Gasteiger partial charge on any atom is 0.161 e. The Bertz CT molecular complexity index is 1260. The molecule has 0 atom stereocenters. The number of fused-ring (bicyclic) bond motifs is 1. The average molecular weight is 437 g/mol. The summed E-state index contributed by atoms with van der Waals surface area (Å²) in [6.45, 7) is 10.6. The maximum absolute atomic E-state index is 4.76. The summed E-state index contributed by atoms with van der Waals surface area (Å²) in [5.41, 5.74) is 8.14. The van der Waals surface area contributed by atoms with Gasteiger partial charge in [-0.25, -0.2) is 9.97 Å². The molecule has 0 aliphatic carbocycles. The maximum atomic E-state index is 4.76. The van der Waals surface area contributed by atoms with Crippen molar-refractivity contribution in [1.82, 2.24) is 25.1 Å². The van der Waals surface area contributed by atoms with Gasteiger partial charge in [-0.3, -0.25) is 5.10 Å². The van der Waals surface area contributed by atoms with Crippen LogP contribution in [-0.2, 0) is 13.0 Å². The van der Waals surface area contributed by atoms with Crippen molar-refractivity contribution in [2.75, 3.05) is 11.9 Å². The fourth-order valence-corrected chi connectivity index (χ4v) is 4.17. The number of benzene rings is 2. The number of aromatic nitrogens is 4.